The highest BCUT2D eigenvalue weighted by atomic mass is 16.5. The number of nitrogens with one attached hydrogen (secondary N) is 1. The Morgan fingerprint density at radius 3 is 2.36 bits per heavy atom. The van der Waals surface area contributed by atoms with Crippen molar-refractivity contribution in [3.8, 4) is 0 Å². The number of anilines is 1. The molecule has 5 saturated carbocycles. The number of carbonyl (C=O) groups is 2. The van der Waals surface area contributed by atoms with Crippen LogP contribution in [0.25, 0.3) is 0 Å². The van der Waals surface area contributed by atoms with Crippen LogP contribution in [0.4, 0.5) is 5.69 Å². The van der Waals surface area contributed by atoms with Crippen LogP contribution in [-0.2, 0) is 11.3 Å². The van der Waals surface area contributed by atoms with Gasteiger partial charge in [0.05, 0.1) is 17.8 Å². The van der Waals surface area contributed by atoms with Crippen LogP contribution in [-0.4, -0.2) is 37.5 Å². The molecule has 0 spiro atoms. The standard InChI is InChI=1S/C28H35N3O5/c32-26(29-22-8-4-7-21(12-22)27(33)34)24-23(30-25(31(24)35)20-5-2-1-3-6-20)16-36-28-13-17-9-18(14-28)11-19(10-17)15-28/h4,7-8,12,17-20,35H,1-3,5-6,9-11,13-16H2,(H,29,32)(H,33,34). The van der Waals surface area contributed by atoms with E-state index in [1.54, 1.807) is 12.1 Å². The first kappa shape index (κ1) is 23.5. The zero-order valence-electron chi connectivity index (χ0n) is 20.6. The van der Waals surface area contributed by atoms with Crippen molar-refractivity contribution in [2.75, 3.05) is 5.32 Å². The fourth-order valence-corrected chi connectivity index (χ4v) is 7.78. The lowest BCUT2D eigenvalue weighted by molar-refractivity contribution is -0.169. The van der Waals surface area contributed by atoms with Crippen molar-refractivity contribution in [3.05, 3.63) is 47.0 Å². The number of ether oxygens (including phenoxy) is 1. The molecule has 5 fully saturated rings. The van der Waals surface area contributed by atoms with Gasteiger partial charge < -0.3 is 20.4 Å². The predicted octanol–water partition coefficient (Wildman–Crippen LogP) is 5.60. The van der Waals surface area contributed by atoms with Gasteiger partial charge in [-0.25, -0.2) is 9.78 Å². The Morgan fingerprint density at radius 1 is 1.06 bits per heavy atom. The maximum absolute atomic E-state index is 13.4. The summed E-state index contributed by atoms with van der Waals surface area (Å²) in [6, 6.07) is 6.10. The quantitative estimate of drug-likeness (QED) is 0.433. The van der Waals surface area contributed by atoms with Crippen LogP contribution in [0.3, 0.4) is 0 Å². The van der Waals surface area contributed by atoms with Crippen molar-refractivity contribution in [3.63, 3.8) is 0 Å². The van der Waals surface area contributed by atoms with Gasteiger partial charge in [0, 0.05) is 11.6 Å². The van der Waals surface area contributed by atoms with Gasteiger partial charge in [0.1, 0.15) is 11.5 Å². The van der Waals surface area contributed by atoms with Crippen molar-refractivity contribution < 1.29 is 24.6 Å². The molecule has 8 nitrogen and oxygen atoms in total. The fraction of sp³-hybridized carbons (Fsp3) is 0.607. The molecule has 5 aliphatic rings. The lowest BCUT2D eigenvalue weighted by Crippen LogP contribution is -2.51. The van der Waals surface area contributed by atoms with E-state index in [2.05, 4.69) is 5.32 Å². The summed E-state index contributed by atoms with van der Waals surface area (Å²) >= 11 is 0. The molecule has 36 heavy (non-hydrogen) atoms. The molecule has 1 aromatic carbocycles. The van der Waals surface area contributed by atoms with E-state index in [0.717, 1.165) is 67.4 Å². The number of nitrogens with zero attached hydrogens (tertiary/aromatic N) is 2. The van der Waals surface area contributed by atoms with E-state index in [-0.39, 0.29) is 29.4 Å². The maximum Gasteiger partial charge on any atom is 0.335 e. The van der Waals surface area contributed by atoms with Crippen molar-refractivity contribution in [2.24, 2.45) is 17.8 Å². The minimum atomic E-state index is -1.07. The van der Waals surface area contributed by atoms with Gasteiger partial charge in [-0.05, 0) is 87.3 Å². The largest absolute Gasteiger partial charge is 0.478 e. The summed E-state index contributed by atoms with van der Waals surface area (Å²) in [7, 11) is 0. The van der Waals surface area contributed by atoms with Crippen LogP contribution < -0.4 is 5.32 Å². The molecule has 1 amide bonds. The van der Waals surface area contributed by atoms with Gasteiger partial charge >= 0.3 is 5.97 Å². The first-order chi connectivity index (χ1) is 17.4. The molecule has 1 heterocycles. The van der Waals surface area contributed by atoms with E-state index in [9.17, 15) is 19.9 Å². The number of carboxylic acid groups (broad SMARTS) is 1. The summed E-state index contributed by atoms with van der Waals surface area (Å²) in [5.41, 5.74) is 0.844. The highest BCUT2D eigenvalue weighted by Gasteiger charge is 2.51. The van der Waals surface area contributed by atoms with Gasteiger partial charge in [-0.1, -0.05) is 25.3 Å². The summed E-state index contributed by atoms with van der Waals surface area (Å²) in [5, 5.41) is 23.2. The minimum Gasteiger partial charge on any atom is -0.478 e. The Hall–Kier alpha value is -2.87. The molecule has 5 aliphatic carbocycles. The molecule has 3 N–H and O–H groups in total. The zero-order valence-corrected chi connectivity index (χ0v) is 20.6. The molecule has 7 rings (SSSR count). The van der Waals surface area contributed by atoms with Crippen molar-refractivity contribution >= 4 is 17.6 Å². The SMILES string of the molecule is O=C(O)c1cccc(NC(=O)c2c(COC34CC5CC(CC(C5)C3)C4)nc(C3CCCCC3)n2O)c1. The third kappa shape index (κ3) is 4.40. The Bertz CT molecular complexity index is 1130. The van der Waals surface area contributed by atoms with Crippen molar-refractivity contribution in [2.45, 2.75) is 88.8 Å². The molecule has 8 heteroatoms. The summed E-state index contributed by atoms with van der Waals surface area (Å²) in [6.45, 7) is 0.192. The van der Waals surface area contributed by atoms with Gasteiger partial charge in [-0.2, -0.15) is 4.73 Å². The van der Waals surface area contributed by atoms with E-state index in [1.165, 1.54) is 37.8 Å². The number of aromatic nitrogens is 2. The molecular weight excluding hydrogens is 458 g/mol. The number of carbonyl (C=O) groups excluding carboxylic acids is 1. The second kappa shape index (κ2) is 9.21. The van der Waals surface area contributed by atoms with E-state index in [0.29, 0.717) is 17.2 Å². The average Bonchev–Trinajstić information content (AvgIpc) is 3.19. The number of hydrogen-bond donors (Lipinski definition) is 3. The van der Waals surface area contributed by atoms with Crippen LogP contribution in [0.2, 0.25) is 0 Å². The molecule has 0 aliphatic heterocycles. The van der Waals surface area contributed by atoms with Crippen molar-refractivity contribution in [1.29, 1.82) is 0 Å². The topological polar surface area (TPSA) is 114 Å². The second-order valence-electron chi connectivity index (χ2n) is 11.6. The number of amides is 1. The lowest BCUT2D eigenvalue weighted by atomic mass is 9.54. The smallest absolute Gasteiger partial charge is 0.335 e. The first-order valence-corrected chi connectivity index (χ1v) is 13.5. The summed E-state index contributed by atoms with van der Waals surface area (Å²) in [6.07, 6.45) is 12.4. The van der Waals surface area contributed by atoms with Gasteiger partial charge in [-0.15, -0.1) is 0 Å². The third-order valence-corrected chi connectivity index (χ3v) is 9.00. The molecule has 192 valence electrons. The van der Waals surface area contributed by atoms with Gasteiger partial charge in [0.2, 0.25) is 0 Å². The second-order valence-corrected chi connectivity index (χ2v) is 11.6. The molecule has 0 saturated heterocycles. The Morgan fingerprint density at radius 2 is 1.72 bits per heavy atom. The van der Waals surface area contributed by atoms with Gasteiger partial charge in [-0.3, -0.25) is 4.79 Å². The van der Waals surface area contributed by atoms with Crippen molar-refractivity contribution in [1.82, 2.24) is 9.71 Å². The van der Waals surface area contributed by atoms with E-state index in [4.69, 9.17) is 9.72 Å². The van der Waals surface area contributed by atoms with Crippen LogP contribution in [0.1, 0.15) is 109 Å². The Labute approximate surface area is 211 Å². The maximum atomic E-state index is 13.4. The monoisotopic (exact) mass is 493 g/mol. The van der Waals surface area contributed by atoms with E-state index >= 15 is 0 Å². The lowest BCUT2D eigenvalue weighted by Gasteiger charge is -2.56. The van der Waals surface area contributed by atoms with Crippen LogP contribution in [0.15, 0.2) is 24.3 Å². The molecule has 0 unspecified atom stereocenters. The Balaban J connectivity index is 1.27. The third-order valence-electron chi connectivity index (χ3n) is 9.00. The molecule has 1 aromatic heterocycles. The minimum absolute atomic E-state index is 0.0820. The molecule has 2 aromatic rings. The first-order valence-electron chi connectivity index (χ1n) is 13.5. The predicted molar refractivity (Wildman–Crippen MR) is 132 cm³/mol. The van der Waals surface area contributed by atoms with Crippen LogP contribution in [0.5, 0.6) is 0 Å². The van der Waals surface area contributed by atoms with E-state index < -0.39 is 11.9 Å². The van der Waals surface area contributed by atoms with Crippen LogP contribution >= 0.6 is 0 Å². The summed E-state index contributed by atoms with van der Waals surface area (Å²) < 4.78 is 7.59. The molecule has 0 radical (unpaired) electrons. The molecule has 4 bridgehead atoms. The number of carboxylic acids is 1. The average molecular weight is 494 g/mol. The number of benzene rings is 1. The highest BCUT2D eigenvalue weighted by Crippen LogP contribution is 2.57. The summed E-state index contributed by atoms with van der Waals surface area (Å²) in [5.74, 6) is 1.29. The summed E-state index contributed by atoms with van der Waals surface area (Å²) in [4.78, 5) is 29.6. The number of aromatic carboxylic acids is 1. The number of hydrogen-bond acceptors (Lipinski definition) is 5. The Kier molecular flexibility index (Phi) is 6.02. The molecular formula is C28H35N3O5. The number of rotatable bonds is 7. The highest BCUT2D eigenvalue weighted by molar-refractivity contribution is 6.04. The van der Waals surface area contributed by atoms with Crippen LogP contribution in [0, 0.1) is 17.8 Å². The normalized spacial score (nSPS) is 29.4. The van der Waals surface area contributed by atoms with Gasteiger partial charge in [0.15, 0.2) is 5.69 Å². The zero-order chi connectivity index (χ0) is 24.9. The fourth-order valence-electron chi connectivity index (χ4n) is 7.78. The number of imidazole rings is 1. The van der Waals surface area contributed by atoms with Gasteiger partial charge in [0.25, 0.3) is 5.91 Å². The van der Waals surface area contributed by atoms with E-state index in [1.807, 2.05) is 0 Å². The molecule has 0 atom stereocenters.